The topological polar surface area (TPSA) is 30.5 Å². The van der Waals surface area contributed by atoms with Gasteiger partial charge in [0.15, 0.2) is 11.5 Å². The van der Waals surface area contributed by atoms with Crippen LogP contribution in [0.4, 0.5) is 0 Å². The number of methoxy groups -OCH3 is 2. The van der Waals surface area contributed by atoms with Gasteiger partial charge in [0.1, 0.15) is 0 Å². The van der Waals surface area contributed by atoms with Crippen molar-refractivity contribution >= 4 is 23.2 Å². The van der Waals surface area contributed by atoms with Crippen LogP contribution in [0.15, 0.2) is 36.4 Å². The maximum absolute atomic E-state index is 6.30. The molecule has 0 fully saturated rings. The second-order valence-electron chi connectivity index (χ2n) is 4.50. The van der Waals surface area contributed by atoms with Crippen molar-refractivity contribution in [2.75, 3.05) is 21.3 Å². The van der Waals surface area contributed by atoms with Gasteiger partial charge in [0.2, 0.25) is 0 Å². The summed E-state index contributed by atoms with van der Waals surface area (Å²) in [4.78, 5) is 0. The molecule has 0 aliphatic heterocycles. The zero-order valence-electron chi connectivity index (χ0n) is 12.1. The van der Waals surface area contributed by atoms with Crippen LogP contribution in [0, 0.1) is 0 Å². The van der Waals surface area contributed by atoms with Crippen LogP contribution in [0.25, 0.3) is 0 Å². The average molecular weight is 326 g/mol. The number of nitrogens with one attached hydrogen (secondary N) is 1. The van der Waals surface area contributed by atoms with Crippen molar-refractivity contribution in [3.8, 4) is 11.5 Å². The average Bonchev–Trinajstić information content (AvgIpc) is 2.49. The lowest BCUT2D eigenvalue weighted by Crippen LogP contribution is -2.18. The summed E-state index contributed by atoms with van der Waals surface area (Å²) in [5.74, 6) is 1.37. The molecule has 1 unspecified atom stereocenters. The highest BCUT2D eigenvalue weighted by molar-refractivity contribution is 6.35. The Bertz CT molecular complexity index is 632. The van der Waals surface area contributed by atoms with Crippen molar-refractivity contribution in [2.45, 2.75) is 6.04 Å². The van der Waals surface area contributed by atoms with E-state index in [9.17, 15) is 0 Å². The van der Waals surface area contributed by atoms with Gasteiger partial charge in [-0.05, 0) is 42.4 Å². The predicted molar refractivity (Wildman–Crippen MR) is 86.9 cm³/mol. The van der Waals surface area contributed by atoms with E-state index in [0.717, 1.165) is 11.1 Å². The summed E-state index contributed by atoms with van der Waals surface area (Å²) in [6, 6.07) is 11.2. The van der Waals surface area contributed by atoms with E-state index < -0.39 is 0 Å². The van der Waals surface area contributed by atoms with Crippen molar-refractivity contribution in [3.05, 3.63) is 57.6 Å². The largest absolute Gasteiger partial charge is 0.493 e. The Morgan fingerprint density at radius 1 is 0.952 bits per heavy atom. The molecule has 2 rings (SSSR count). The molecule has 0 aromatic heterocycles. The van der Waals surface area contributed by atoms with Gasteiger partial charge in [0.05, 0.1) is 20.3 Å². The Morgan fingerprint density at radius 3 is 2.24 bits per heavy atom. The van der Waals surface area contributed by atoms with Crippen LogP contribution >= 0.6 is 23.2 Å². The quantitative estimate of drug-likeness (QED) is 0.888. The summed E-state index contributed by atoms with van der Waals surface area (Å²) >= 11 is 12.3. The lowest BCUT2D eigenvalue weighted by Gasteiger charge is -2.20. The zero-order chi connectivity index (χ0) is 15.4. The van der Waals surface area contributed by atoms with Crippen molar-refractivity contribution < 1.29 is 9.47 Å². The summed E-state index contributed by atoms with van der Waals surface area (Å²) in [5.41, 5.74) is 1.98. The second kappa shape index (κ2) is 7.03. The third-order valence-corrected chi connectivity index (χ3v) is 3.87. The predicted octanol–water partition coefficient (Wildman–Crippen LogP) is 4.32. The highest BCUT2D eigenvalue weighted by atomic mass is 35.5. The van der Waals surface area contributed by atoms with Crippen LogP contribution in [0.1, 0.15) is 17.2 Å². The highest BCUT2D eigenvalue weighted by Gasteiger charge is 2.17. The minimum absolute atomic E-state index is 0.0606. The van der Waals surface area contributed by atoms with E-state index in [1.165, 1.54) is 0 Å². The van der Waals surface area contributed by atoms with Gasteiger partial charge in [0.25, 0.3) is 0 Å². The summed E-state index contributed by atoms with van der Waals surface area (Å²) in [6.45, 7) is 0. The molecule has 0 saturated carbocycles. The van der Waals surface area contributed by atoms with Crippen LogP contribution < -0.4 is 14.8 Å². The van der Waals surface area contributed by atoms with E-state index >= 15 is 0 Å². The smallest absolute Gasteiger partial charge is 0.161 e. The molecule has 3 nitrogen and oxygen atoms in total. The van der Waals surface area contributed by atoms with E-state index in [1.807, 2.05) is 37.4 Å². The second-order valence-corrected chi connectivity index (χ2v) is 5.35. The first kappa shape index (κ1) is 16.0. The van der Waals surface area contributed by atoms with Crippen LogP contribution in [-0.2, 0) is 0 Å². The molecule has 0 bridgehead atoms. The third kappa shape index (κ3) is 3.43. The fourth-order valence-electron chi connectivity index (χ4n) is 2.27. The van der Waals surface area contributed by atoms with Crippen molar-refractivity contribution in [1.29, 1.82) is 0 Å². The van der Waals surface area contributed by atoms with Gasteiger partial charge < -0.3 is 14.8 Å². The monoisotopic (exact) mass is 325 g/mol. The highest BCUT2D eigenvalue weighted by Crippen LogP contribution is 2.35. The molecule has 5 heteroatoms. The van der Waals surface area contributed by atoms with E-state index in [1.54, 1.807) is 20.3 Å². The Labute approximate surface area is 134 Å². The van der Waals surface area contributed by atoms with Crippen LogP contribution in [0.5, 0.6) is 11.5 Å². The van der Waals surface area contributed by atoms with Gasteiger partial charge in [-0.15, -0.1) is 0 Å². The lowest BCUT2D eigenvalue weighted by molar-refractivity contribution is 0.354. The summed E-state index contributed by atoms with van der Waals surface area (Å²) in [6.07, 6.45) is 0. The van der Waals surface area contributed by atoms with Crippen LogP contribution in [-0.4, -0.2) is 21.3 Å². The van der Waals surface area contributed by atoms with Crippen molar-refractivity contribution in [2.24, 2.45) is 0 Å². The zero-order valence-corrected chi connectivity index (χ0v) is 13.6. The normalized spacial score (nSPS) is 12.0. The van der Waals surface area contributed by atoms with Gasteiger partial charge in [-0.2, -0.15) is 0 Å². The SMILES string of the molecule is CNC(c1ccc(OC)c(OC)c1)c1ccc(Cl)cc1Cl. The van der Waals surface area contributed by atoms with Gasteiger partial charge in [-0.3, -0.25) is 0 Å². The molecule has 1 N–H and O–H groups in total. The van der Waals surface area contributed by atoms with Gasteiger partial charge in [-0.25, -0.2) is 0 Å². The molecule has 0 spiro atoms. The number of rotatable bonds is 5. The van der Waals surface area contributed by atoms with E-state index in [4.69, 9.17) is 32.7 Å². The van der Waals surface area contributed by atoms with Gasteiger partial charge in [-0.1, -0.05) is 35.3 Å². The molecule has 2 aromatic rings. The number of benzene rings is 2. The fraction of sp³-hybridized carbons (Fsp3) is 0.250. The number of hydrogen-bond acceptors (Lipinski definition) is 3. The first-order valence-corrected chi connectivity index (χ1v) is 7.20. The molecule has 0 heterocycles. The van der Waals surface area contributed by atoms with E-state index in [2.05, 4.69) is 5.32 Å². The first-order chi connectivity index (χ1) is 10.1. The standard InChI is InChI=1S/C16H17Cl2NO2/c1-19-16(12-6-5-11(17)9-13(12)18)10-4-7-14(20-2)15(8-10)21-3/h4-9,16,19H,1-3H3. The number of halogens is 2. The molecule has 21 heavy (non-hydrogen) atoms. The summed E-state index contributed by atoms with van der Waals surface area (Å²) in [7, 11) is 5.11. The van der Waals surface area contributed by atoms with Gasteiger partial charge >= 0.3 is 0 Å². The van der Waals surface area contributed by atoms with Crippen molar-refractivity contribution in [3.63, 3.8) is 0 Å². The number of ether oxygens (including phenoxy) is 2. The molecule has 0 aliphatic rings. The summed E-state index contributed by atoms with van der Waals surface area (Å²) in [5, 5.41) is 4.50. The lowest BCUT2D eigenvalue weighted by atomic mass is 9.98. The van der Waals surface area contributed by atoms with Crippen LogP contribution in [0.2, 0.25) is 10.0 Å². The Balaban J connectivity index is 2.46. The Hall–Kier alpha value is -1.42. The third-order valence-electron chi connectivity index (χ3n) is 3.30. The molecular weight excluding hydrogens is 309 g/mol. The Morgan fingerprint density at radius 2 is 1.67 bits per heavy atom. The molecule has 0 amide bonds. The number of hydrogen-bond donors (Lipinski definition) is 1. The fourth-order valence-corrected chi connectivity index (χ4v) is 2.79. The maximum Gasteiger partial charge on any atom is 0.161 e. The molecule has 1 atom stereocenters. The van der Waals surface area contributed by atoms with Gasteiger partial charge in [0, 0.05) is 10.0 Å². The minimum atomic E-state index is -0.0606. The molecular formula is C16H17Cl2NO2. The Kier molecular flexibility index (Phi) is 5.34. The van der Waals surface area contributed by atoms with Crippen molar-refractivity contribution in [1.82, 2.24) is 5.32 Å². The molecule has 0 aliphatic carbocycles. The maximum atomic E-state index is 6.30. The molecule has 112 valence electrons. The molecule has 2 aromatic carbocycles. The van der Waals surface area contributed by atoms with Crippen LogP contribution in [0.3, 0.4) is 0 Å². The van der Waals surface area contributed by atoms with E-state index in [0.29, 0.717) is 21.5 Å². The first-order valence-electron chi connectivity index (χ1n) is 6.44. The minimum Gasteiger partial charge on any atom is -0.493 e. The van der Waals surface area contributed by atoms with E-state index in [-0.39, 0.29) is 6.04 Å². The molecule has 0 saturated heterocycles. The summed E-state index contributed by atoms with van der Waals surface area (Å²) < 4.78 is 10.6. The molecule has 0 radical (unpaired) electrons.